The van der Waals surface area contributed by atoms with E-state index in [1.165, 1.54) is 17.3 Å². The summed E-state index contributed by atoms with van der Waals surface area (Å²) in [5.74, 6) is 0.132. The van der Waals surface area contributed by atoms with Crippen LogP contribution in [0.25, 0.3) is 6.08 Å². The first kappa shape index (κ1) is 23.6. The molecule has 1 heterocycles. The fraction of sp³-hybridized carbons (Fsp3) is 0.320. The summed E-state index contributed by atoms with van der Waals surface area (Å²) in [5, 5.41) is 0.702. The molecule has 0 atom stereocenters. The Morgan fingerprint density at radius 2 is 1.81 bits per heavy atom. The Hall–Kier alpha value is -3.06. The number of esters is 1. The SMILES string of the molecule is CCCCN1C(=O)/C(=C\c2ccc(OCC(=O)OCC)cc2)SC1=Nc1ccc(C)cc1. The van der Waals surface area contributed by atoms with Gasteiger partial charge in [-0.2, -0.15) is 0 Å². The number of rotatable bonds is 9. The molecule has 1 aliphatic rings. The largest absolute Gasteiger partial charge is 0.482 e. The van der Waals surface area contributed by atoms with Gasteiger partial charge in [0.15, 0.2) is 11.8 Å². The molecule has 0 saturated carbocycles. The van der Waals surface area contributed by atoms with Crippen molar-refractivity contribution in [3.05, 3.63) is 64.6 Å². The van der Waals surface area contributed by atoms with E-state index in [-0.39, 0.29) is 12.5 Å². The molecule has 2 aromatic rings. The van der Waals surface area contributed by atoms with E-state index >= 15 is 0 Å². The van der Waals surface area contributed by atoms with Gasteiger partial charge in [0, 0.05) is 6.54 Å². The Kier molecular flexibility index (Phi) is 8.50. The summed E-state index contributed by atoms with van der Waals surface area (Å²) < 4.78 is 10.3. The van der Waals surface area contributed by atoms with E-state index in [1.807, 2.05) is 49.4 Å². The van der Waals surface area contributed by atoms with Crippen molar-refractivity contribution in [2.75, 3.05) is 19.8 Å². The average molecular weight is 453 g/mol. The molecule has 0 bridgehead atoms. The molecule has 1 amide bonds. The molecule has 0 aliphatic carbocycles. The maximum atomic E-state index is 13.1. The van der Waals surface area contributed by atoms with Gasteiger partial charge >= 0.3 is 5.97 Å². The van der Waals surface area contributed by atoms with Crippen molar-refractivity contribution < 1.29 is 19.1 Å². The third-order valence-electron chi connectivity index (χ3n) is 4.72. The number of hydrogen-bond acceptors (Lipinski definition) is 6. The number of amides is 1. The topological polar surface area (TPSA) is 68.2 Å². The van der Waals surface area contributed by atoms with Crippen molar-refractivity contribution in [1.82, 2.24) is 4.90 Å². The molecule has 32 heavy (non-hydrogen) atoms. The first-order chi connectivity index (χ1) is 15.5. The zero-order valence-electron chi connectivity index (χ0n) is 18.7. The number of carbonyl (C=O) groups is 2. The van der Waals surface area contributed by atoms with Crippen molar-refractivity contribution in [1.29, 1.82) is 0 Å². The van der Waals surface area contributed by atoms with Gasteiger partial charge in [-0.1, -0.05) is 43.2 Å². The van der Waals surface area contributed by atoms with Crippen LogP contribution >= 0.6 is 11.8 Å². The Morgan fingerprint density at radius 3 is 2.47 bits per heavy atom. The van der Waals surface area contributed by atoms with Crippen LogP contribution in [0.5, 0.6) is 5.75 Å². The third-order valence-corrected chi connectivity index (χ3v) is 5.73. The highest BCUT2D eigenvalue weighted by Crippen LogP contribution is 2.34. The molecule has 1 fully saturated rings. The van der Waals surface area contributed by atoms with E-state index in [4.69, 9.17) is 14.5 Å². The lowest BCUT2D eigenvalue weighted by atomic mass is 10.2. The van der Waals surface area contributed by atoms with Crippen LogP contribution in [-0.2, 0) is 14.3 Å². The molecule has 0 spiro atoms. The monoisotopic (exact) mass is 452 g/mol. The Labute approximate surface area is 193 Å². The zero-order valence-corrected chi connectivity index (χ0v) is 19.5. The number of thioether (sulfide) groups is 1. The minimum Gasteiger partial charge on any atom is -0.482 e. The number of unbranched alkanes of at least 4 members (excludes halogenated alkanes) is 1. The van der Waals surface area contributed by atoms with Gasteiger partial charge in [0.05, 0.1) is 17.2 Å². The van der Waals surface area contributed by atoms with Gasteiger partial charge in [0.1, 0.15) is 5.75 Å². The molecule has 2 aromatic carbocycles. The van der Waals surface area contributed by atoms with Crippen LogP contribution in [0.4, 0.5) is 5.69 Å². The summed E-state index contributed by atoms with van der Waals surface area (Å²) in [5.41, 5.74) is 2.87. The number of aryl methyl sites for hydroxylation is 1. The quantitative estimate of drug-likeness (QED) is 0.379. The molecule has 7 heteroatoms. The van der Waals surface area contributed by atoms with Crippen LogP contribution in [-0.4, -0.2) is 41.7 Å². The number of carbonyl (C=O) groups excluding carboxylic acids is 2. The Bertz CT molecular complexity index is 998. The van der Waals surface area contributed by atoms with Gasteiger partial charge in [-0.05, 0) is 67.9 Å². The van der Waals surface area contributed by atoms with Crippen LogP contribution in [0.3, 0.4) is 0 Å². The molecule has 168 valence electrons. The number of benzene rings is 2. The lowest BCUT2D eigenvalue weighted by molar-refractivity contribution is -0.145. The highest BCUT2D eigenvalue weighted by atomic mass is 32.2. The second-order valence-corrected chi connectivity index (χ2v) is 8.32. The number of amidine groups is 1. The minimum absolute atomic E-state index is 0.0306. The number of aliphatic imine (C=N–C) groups is 1. The molecule has 1 saturated heterocycles. The lowest BCUT2D eigenvalue weighted by Gasteiger charge is -2.14. The summed E-state index contributed by atoms with van der Waals surface area (Å²) in [6.07, 6.45) is 3.77. The highest BCUT2D eigenvalue weighted by Gasteiger charge is 2.32. The molecular weight excluding hydrogens is 424 g/mol. The normalized spacial score (nSPS) is 16.1. The predicted molar refractivity (Wildman–Crippen MR) is 129 cm³/mol. The fourth-order valence-corrected chi connectivity index (χ4v) is 4.02. The van der Waals surface area contributed by atoms with Gasteiger partial charge in [0.2, 0.25) is 0 Å². The van der Waals surface area contributed by atoms with E-state index in [9.17, 15) is 9.59 Å². The maximum absolute atomic E-state index is 13.1. The molecule has 6 nitrogen and oxygen atoms in total. The van der Waals surface area contributed by atoms with Crippen LogP contribution in [0.15, 0.2) is 58.4 Å². The van der Waals surface area contributed by atoms with Crippen LogP contribution < -0.4 is 4.74 Å². The van der Waals surface area contributed by atoms with Gasteiger partial charge < -0.3 is 9.47 Å². The summed E-state index contributed by atoms with van der Waals surface area (Å²) >= 11 is 1.39. The third kappa shape index (κ3) is 6.47. The minimum atomic E-state index is -0.404. The van der Waals surface area contributed by atoms with Crippen LogP contribution in [0.2, 0.25) is 0 Å². The van der Waals surface area contributed by atoms with Gasteiger partial charge in [-0.25, -0.2) is 9.79 Å². The molecular formula is C25H28N2O4S. The zero-order chi connectivity index (χ0) is 22.9. The van der Waals surface area contributed by atoms with E-state index < -0.39 is 5.97 Å². The number of nitrogens with zero attached hydrogens (tertiary/aromatic N) is 2. The summed E-state index contributed by atoms with van der Waals surface area (Å²) in [6.45, 7) is 6.73. The van der Waals surface area contributed by atoms with Gasteiger partial charge in [-0.3, -0.25) is 9.69 Å². The van der Waals surface area contributed by atoms with Gasteiger partial charge in [-0.15, -0.1) is 0 Å². The van der Waals surface area contributed by atoms with Crippen molar-refractivity contribution in [2.24, 2.45) is 4.99 Å². The van der Waals surface area contributed by atoms with Crippen molar-refractivity contribution >= 4 is 40.6 Å². The summed E-state index contributed by atoms with van der Waals surface area (Å²) in [4.78, 5) is 31.6. The molecule has 0 N–H and O–H groups in total. The first-order valence-electron chi connectivity index (χ1n) is 10.8. The van der Waals surface area contributed by atoms with Crippen molar-refractivity contribution in [2.45, 2.75) is 33.6 Å². The summed E-state index contributed by atoms with van der Waals surface area (Å²) in [6, 6.07) is 15.2. The summed E-state index contributed by atoms with van der Waals surface area (Å²) in [7, 11) is 0. The second kappa shape index (κ2) is 11.5. The maximum Gasteiger partial charge on any atom is 0.344 e. The highest BCUT2D eigenvalue weighted by molar-refractivity contribution is 8.18. The first-order valence-corrected chi connectivity index (χ1v) is 11.6. The standard InChI is InChI=1S/C25H28N2O4S/c1-4-6-15-27-24(29)22(32-25(27)26-20-11-7-18(3)8-12-20)16-19-9-13-21(14-10-19)31-17-23(28)30-5-2/h7-14,16H,4-6,15,17H2,1-3H3/b22-16+,26-25?. The van der Waals surface area contributed by atoms with Crippen molar-refractivity contribution in [3.8, 4) is 5.75 Å². The molecule has 3 rings (SSSR count). The van der Waals surface area contributed by atoms with E-state index in [1.54, 1.807) is 24.0 Å². The average Bonchev–Trinajstić information content (AvgIpc) is 3.07. The molecule has 0 radical (unpaired) electrons. The van der Waals surface area contributed by atoms with Crippen LogP contribution in [0, 0.1) is 6.92 Å². The molecule has 0 unspecified atom stereocenters. The Balaban J connectivity index is 1.75. The molecule has 0 aromatic heterocycles. The molecule has 1 aliphatic heterocycles. The second-order valence-electron chi connectivity index (χ2n) is 7.31. The van der Waals surface area contributed by atoms with E-state index in [2.05, 4.69) is 6.92 Å². The predicted octanol–water partition coefficient (Wildman–Crippen LogP) is 5.34. The van der Waals surface area contributed by atoms with Crippen molar-refractivity contribution in [3.63, 3.8) is 0 Å². The smallest absolute Gasteiger partial charge is 0.344 e. The lowest BCUT2D eigenvalue weighted by Crippen LogP contribution is -2.30. The van der Waals surface area contributed by atoms with Gasteiger partial charge in [0.25, 0.3) is 5.91 Å². The van der Waals surface area contributed by atoms with Crippen LogP contribution in [0.1, 0.15) is 37.8 Å². The fourth-order valence-electron chi connectivity index (χ4n) is 2.99. The number of hydrogen-bond donors (Lipinski definition) is 0. The van der Waals surface area contributed by atoms with E-state index in [0.717, 1.165) is 24.1 Å². The van der Waals surface area contributed by atoms with E-state index in [0.29, 0.717) is 29.0 Å². The Morgan fingerprint density at radius 1 is 1.09 bits per heavy atom. The number of ether oxygens (including phenoxy) is 2.